The third-order valence-corrected chi connectivity index (χ3v) is 19.6. The van der Waals surface area contributed by atoms with Crippen molar-refractivity contribution in [2.75, 3.05) is 12.4 Å². The molecule has 3 rings (SSSR count). The van der Waals surface area contributed by atoms with E-state index in [4.69, 9.17) is 19.3 Å². The van der Waals surface area contributed by atoms with Crippen molar-refractivity contribution >= 4 is 33.3 Å². The van der Waals surface area contributed by atoms with Crippen molar-refractivity contribution in [3.63, 3.8) is 0 Å². The number of hydrogen-bond acceptors (Lipinski definition) is 8. The van der Waals surface area contributed by atoms with Crippen molar-refractivity contribution in [1.82, 2.24) is 14.9 Å². The minimum Gasteiger partial charge on any atom is -0.414 e. The van der Waals surface area contributed by atoms with Crippen molar-refractivity contribution in [3.05, 3.63) is 33.1 Å². The maximum absolute atomic E-state index is 14.0. The van der Waals surface area contributed by atoms with Crippen LogP contribution >= 0.6 is 0 Å². The van der Waals surface area contributed by atoms with Crippen LogP contribution < -0.4 is 22.3 Å². The average molecular weight is 589 g/mol. The van der Waals surface area contributed by atoms with Gasteiger partial charge in [-0.05, 0) is 36.3 Å². The van der Waals surface area contributed by atoms with Gasteiger partial charge >= 0.3 is 5.69 Å². The first-order valence-corrected chi connectivity index (χ1v) is 20.0. The number of amides is 1. The fraction of sp³-hybridized carbons (Fsp3) is 0.792. The molecule has 216 valence electrons. The number of hydrogen-bond donors (Lipinski definition) is 3. The molecule has 1 spiro atoms. The molecule has 2 aliphatic rings. The first-order valence-electron chi connectivity index (χ1n) is 12.9. The van der Waals surface area contributed by atoms with Gasteiger partial charge in [-0.1, -0.05) is 41.5 Å². The van der Waals surface area contributed by atoms with Crippen LogP contribution in [0.15, 0.2) is 21.9 Å². The van der Waals surface area contributed by atoms with Gasteiger partial charge in [0.15, 0.2) is 27.7 Å². The first-order chi connectivity index (χ1) is 17.1. The van der Waals surface area contributed by atoms with Gasteiger partial charge in [0.2, 0.25) is 5.91 Å². The number of carbonyl (C=O) groups excluding carboxylic acids is 1. The van der Waals surface area contributed by atoms with Crippen molar-refractivity contribution in [2.45, 2.75) is 107 Å². The smallest absolute Gasteiger partial charge is 0.330 e. The zero-order valence-corrected chi connectivity index (χ0v) is 27.0. The summed E-state index contributed by atoms with van der Waals surface area (Å²) in [5.41, 5.74) is 4.43. The third-order valence-electron chi connectivity index (χ3n) is 8.66. The van der Waals surface area contributed by atoms with Gasteiger partial charge in [0.25, 0.3) is 5.56 Å². The van der Waals surface area contributed by atoms with Crippen molar-refractivity contribution < 1.29 is 22.6 Å². The van der Waals surface area contributed by atoms with Crippen LogP contribution in [0.25, 0.3) is 0 Å². The number of rotatable bonds is 7. The molecule has 6 atom stereocenters. The van der Waals surface area contributed by atoms with Gasteiger partial charge < -0.3 is 19.3 Å². The molecular formula is C24H44N4O7SSi2. The number of nitrogens with one attached hydrogen (secondary N) is 2. The minimum absolute atomic E-state index is 0.0140. The van der Waals surface area contributed by atoms with Gasteiger partial charge in [0.1, 0.15) is 12.2 Å². The van der Waals surface area contributed by atoms with Crippen LogP contribution in [0.4, 0.5) is 0 Å². The molecule has 2 fully saturated rings. The van der Waals surface area contributed by atoms with Crippen LogP contribution in [0.5, 0.6) is 0 Å². The molecule has 2 saturated heterocycles. The zero-order chi connectivity index (χ0) is 29.1. The predicted octanol–water partition coefficient (Wildman–Crippen LogP) is 1.75. The van der Waals surface area contributed by atoms with Crippen molar-refractivity contribution in [3.8, 4) is 0 Å². The van der Waals surface area contributed by atoms with Crippen LogP contribution in [0.1, 0.15) is 47.8 Å². The van der Waals surface area contributed by atoms with Crippen LogP contribution in [-0.2, 0) is 29.2 Å². The second-order valence-electron chi connectivity index (χ2n) is 13.3. The highest BCUT2D eigenvalue weighted by atomic mass is 32.2. The van der Waals surface area contributed by atoms with E-state index in [1.165, 1.54) is 16.8 Å². The summed E-state index contributed by atoms with van der Waals surface area (Å²) in [6.45, 7) is 21.0. The molecule has 2 aliphatic heterocycles. The molecule has 0 radical (unpaired) electrons. The molecular weight excluding hydrogens is 545 g/mol. The number of primary amides is 1. The van der Waals surface area contributed by atoms with E-state index in [1.807, 2.05) is 0 Å². The highest BCUT2D eigenvalue weighted by Gasteiger charge is 2.67. The van der Waals surface area contributed by atoms with E-state index in [2.05, 4.69) is 78.0 Å². The molecule has 3 heterocycles. The number of H-pyrrole nitrogens is 1. The average Bonchev–Trinajstić information content (AvgIpc) is 3.24. The molecule has 11 nitrogen and oxygen atoms in total. The van der Waals surface area contributed by atoms with E-state index < -0.39 is 73.9 Å². The highest BCUT2D eigenvalue weighted by molar-refractivity contribution is 7.87. The lowest BCUT2D eigenvalue weighted by Gasteiger charge is -2.44. The van der Waals surface area contributed by atoms with E-state index in [1.54, 1.807) is 0 Å². The van der Waals surface area contributed by atoms with Crippen LogP contribution in [0, 0.1) is 0 Å². The summed E-state index contributed by atoms with van der Waals surface area (Å²) < 4.78 is 35.2. The summed E-state index contributed by atoms with van der Waals surface area (Å²) in [5, 5.41) is 2.92. The molecule has 38 heavy (non-hydrogen) atoms. The second kappa shape index (κ2) is 10.2. The Morgan fingerprint density at radius 1 is 1.16 bits per heavy atom. The molecule has 1 amide bonds. The molecule has 4 unspecified atom stereocenters. The van der Waals surface area contributed by atoms with Gasteiger partial charge in [-0.3, -0.25) is 28.7 Å². The largest absolute Gasteiger partial charge is 0.414 e. The van der Waals surface area contributed by atoms with Gasteiger partial charge in [-0.2, -0.15) is 0 Å². The second-order valence-corrected chi connectivity index (χ2v) is 24.6. The fourth-order valence-electron chi connectivity index (χ4n) is 4.15. The van der Waals surface area contributed by atoms with E-state index in [-0.39, 0.29) is 22.4 Å². The van der Waals surface area contributed by atoms with E-state index in [0.717, 1.165) is 0 Å². The highest BCUT2D eigenvalue weighted by Crippen LogP contribution is 2.49. The van der Waals surface area contributed by atoms with Crippen molar-refractivity contribution in [2.24, 2.45) is 5.73 Å². The fourth-order valence-corrected chi connectivity index (χ4v) is 8.47. The molecule has 0 aromatic carbocycles. The normalized spacial score (nSPS) is 30.7. The van der Waals surface area contributed by atoms with Gasteiger partial charge in [0.05, 0.1) is 18.4 Å². The Balaban J connectivity index is 2.19. The first kappa shape index (κ1) is 31.1. The Labute approximate surface area is 228 Å². The van der Waals surface area contributed by atoms with Gasteiger partial charge in [0, 0.05) is 23.1 Å². The number of ether oxygens (including phenoxy) is 1. The van der Waals surface area contributed by atoms with E-state index in [9.17, 15) is 18.6 Å². The molecule has 1 aromatic heterocycles. The quantitative estimate of drug-likeness (QED) is 0.407. The van der Waals surface area contributed by atoms with Crippen LogP contribution in [0.3, 0.4) is 0 Å². The molecule has 0 bridgehead atoms. The lowest BCUT2D eigenvalue weighted by Crippen LogP contribution is -2.64. The van der Waals surface area contributed by atoms with Crippen LogP contribution in [0.2, 0.25) is 36.3 Å². The molecule has 4 N–H and O–H groups in total. The number of nitrogens with two attached hydrogens (primary N) is 1. The summed E-state index contributed by atoms with van der Waals surface area (Å²) in [5.74, 6) is -0.644. The maximum atomic E-state index is 14.0. The molecule has 0 saturated carbocycles. The Kier molecular flexibility index (Phi) is 8.35. The molecule has 0 aliphatic carbocycles. The van der Waals surface area contributed by atoms with E-state index >= 15 is 0 Å². The summed E-state index contributed by atoms with van der Waals surface area (Å²) in [7, 11) is -6.50. The van der Waals surface area contributed by atoms with Crippen LogP contribution in [-0.4, -0.2) is 71.8 Å². The zero-order valence-electron chi connectivity index (χ0n) is 24.2. The number of aromatic amines is 1. The number of aromatic nitrogens is 2. The number of nitrogens with zero attached hydrogens (tertiary/aromatic N) is 1. The topological polar surface area (TPSA) is 155 Å². The SMILES string of the molecule is CC(C)(C)[Si](C)(C)OCC1OC(n2ccc(=O)[nH]c2=O)C(O[Si](C)(C)C(C)(C)C)[C@@]12N[C@H](C(N)=O)CS2=O. The molecule has 1 aromatic rings. The summed E-state index contributed by atoms with van der Waals surface area (Å²) in [6.07, 6.45) is -1.46. The maximum Gasteiger partial charge on any atom is 0.330 e. The Bertz CT molecular complexity index is 1200. The lowest BCUT2D eigenvalue weighted by molar-refractivity contribution is -0.119. The van der Waals surface area contributed by atoms with Gasteiger partial charge in [-0.15, -0.1) is 0 Å². The Morgan fingerprint density at radius 2 is 1.74 bits per heavy atom. The summed E-state index contributed by atoms with van der Waals surface area (Å²) in [4.78, 5) is 37.9. The van der Waals surface area contributed by atoms with Gasteiger partial charge in [-0.25, -0.2) is 4.79 Å². The van der Waals surface area contributed by atoms with E-state index in [0.29, 0.717) is 0 Å². The standard InChI is InChI=1S/C24H44N4O7SSi2/c1-22(2,3)37(7,8)33-13-16-24(27-15(19(25)30)14-36(24)32)18(35-38(9,10)23(4,5)6)20(34-16)28-12-11-17(29)26-21(28)31/h11-12,15-16,18,20,27H,13-14H2,1-10H3,(H2,25,30)(H,26,29,31)/t15-,16?,18?,20?,24+,36?/m0/s1. The summed E-state index contributed by atoms with van der Waals surface area (Å²) in [6, 6.07) is 0.359. The summed E-state index contributed by atoms with van der Waals surface area (Å²) >= 11 is 0. The monoisotopic (exact) mass is 588 g/mol. The molecule has 14 heteroatoms. The Morgan fingerprint density at radius 3 is 2.21 bits per heavy atom. The van der Waals surface area contributed by atoms with Crippen molar-refractivity contribution in [1.29, 1.82) is 0 Å². The Hall–Kier alpha value is -1.43. The minimum atomic E-state index is -2.55. The number of carbonyl (C=O) groups is 1. The lowest BCUT2D eigenvalue weighted by atomic mass is 10.1. The predicted molar refractivity (Wildman–Crippen MR) is 152 cm³/mol. The third kappa shape index (κ3) is 5.58.